The second-order valence-corrected chi connectivity index (χ2v) is 12.8. The lowest BCUT2D eigenvalue weighted by Crippen LogP contribution is -2.39. The van der Waals surface area contributed by atoms with Crippen LogP contribution in [0.25, 0.3) is 11.1 Å². The zero-order chi connectivity index (χ0) is 32.3. The molecule has 0 amide bonds. The highest BCUT2D eigenvalue weighted by atomic mass is 19.1. The number of carboxylic acids is 1. The van der Waals surface area contributed by atoms with Crippen molar-refractivity contribution in [3.05, 3.63) is 113 Å². The number of rotatable bonds is 16. The van der Waals surface area contributed by atoms with Crippen LogP contribution >= 0.6 is 0 Å². The van der Waals surface area contributed by atoms with Crippen LogP contribution < -0.4 is 5.32 Å². The predicted octanol–water partition coefficient (Wildman–Crippen LogP) is 10.2. The molecule has 0 fully saturated rings. The summed E-state index contributed by atoms with van der Waals surface area (Å²) in [6.45, 7) is 12.5. The Morgan fingerprint density at radius 2 is 1.43 bits per heavy atom. The van der Waals surface area contributed by atoms with E-state index in [1.54, 1.807) is 12.1 Å². The monoisotopic (exact) mass is 599 g/mol. The zero-order valence-corrected chi connectivity index (χ0v) is 27.2. The van der Waals surface area contributed by atoms with Crippen molar-refractivity contribution in [1.82, 2.24) is 0 Å². The molecule has 0 aliphatic rings. The summed E-state index contributed by atoms with van der Waals surface area (Å²) in [5, 5.41) is 25.0. The quantitative estimate of drug-likeness (QED) is 0.0663. The Morgan fingerprint density at radius 1 is 0.841 bits per heavy atom. The van der Waals surface area contributed by atoms with Gasteiger partial charge >= 0.3 is 5.97 Å². The topological polar surface area (TPSA) is 69.6 Å². The summed E-state index contributed by atoms with van der Waals surface area (Å²) in [5.74, 6) is -0.267. The number of aliphatic carboxylic acids is 1. The Kier molecular flexibility index (Phi) is 13.0. The second kappa shape index (κ2) is 16.4. The van der Waals surface area contributed by atoms with Gasteiger partial charge in [0.2, 0.25) is 0 Å². The van der Waals surface area contributed by atoms with Crippen LogP contribution in [0, 0.1) is 23.6 Å². The minimum Gasteiger partial charge on any atom is -0.481 e. The number of carboxylic acid groups (broad SMARTS) is 1. The van der Waals surface area contributed by atoms with Gasteiger partial charge in [-0.05, 0) is 97.4 Å². The molecule has 0 bridgehead atoms. The molecule has 3 atom stereocenters. The first kappa shape index (κ1) is 34.8. The molecule has 44 heavy (non-hydrogen) atoms. The summed E-state index contributed by atoms with van der Waals surface area (Å²) in [4.78, 5) is 11.1. The molecule has 236 valence electrons. The molecule has 0 saturated carbocycles. The highest BCUT2D eigenvalue weighted by Crippen LogP contribution is 2.42. The molecule has 3 aromatic carbocycles. The van der Waals surface area contributed by atoms with Crippen LogP contribution in [0.2, 0.25) is 0 Å². The largest absolute Gasteiger partial charge is 0.481 e. The van der Waals surface area contributed by atoms with Gasteiger partial charge in [-0.3, -0.25) is 4.79 Å². The maximum Gasteiger partial charge on any atom is 0.303 e. The van der Waals surface area contributed by atoms with E-state index in [2.05, 4.69) is 38.2 Å². The third-order valence-electron chi connectivity index (χ3n) is 8.35. The van der Waals surface area contributed by atoms with Crippen molar-refractivity contribution in [3.8, 4) is 0 Å². The average molecular weight is 600 g/mol. The number of carbonyl (C=O) groups is 1. The van der Waals surface area contributed by atoms with Gasteiger partial charge in [0.15, 0.2) is 5.72 Å². The van der Waals surface area contributed by atoms with Gasteiger partial charge in [0, 0.05) is 17.7 Å². The number of aliphatic hydroxyl groups is 1. The van der Waals surface area contributed by atoms with E-state index < -0.39 is 11.7 Å². The van der Waals surface area contributed by atoms with E-state index in [-0.39, 0.29) is 24.1 Å². The fourth-order valence-corrected chi connectivity index (χ4v) is 6.28. The number of halogens is 1. The highest BCUT2D eigenvalue weighted by molar-refractivity contribution is 5.99. The lowest BCUT2D eigenvalue weighted by atomic mass is 9.78. The van der Waals surface area contributed by atoms with Crippen molar-refractivity contribution in [3.63, 3.8) is 0 Å². The van der Waals surface area contributed by atoms with E-state index in [4.69, 9.17) is 5.11 Å². The molecule has 4 nitrogen and oxygen atoms in total. The third kappa shape index (κ3) is 10.2. The van der Waals surface area contributed by atoms with Crippen LogP contribution in [0.1, 0.15) is 91.2 Å². The molecule has 0 radical (unpaired) electrons. The Labute approximate surface area is 263 Å². The van der Waals surface area contributed by atoms with Gasteiger partial charge in [0.05, 0.1) is 0 Å². The molecule has 0 heterocycles. The van der Waals surface area contributed by atoms with Crippen LogP contribution in [0.3, 0.4) is 0 Å². The van der Waals surface area contributed by atoms with Crippen molar-refractivity contribution in [1.29, 1.82) is 0 Å². The van der Waals surface area contributed by atoms with E-state index in [0.717, 1.165) is 65.6 Å². The molecular weight excluding hydrogens is 549 g/mol. The first-order chi connectivity index (χ1) is 20.9. The summed E-state index contributed by atoms with van der Waals surface area (Å²) in [5.41, 5.74) is 5.18. The van der Waals surface area contributed by atoms with Crippen molar-refractivity contribution in [2.75, 3.05) is 5.32 Å². The minimum absolute atomic E-state index is 0.154. The van der Waals surface area contributed by atoms with Gasteiger partial charge in [0.25, 0.3) is 0 Å². The maximum absolute atomic E-state index is 14.0. The Bertz CT molecular complexity index is 1390. The van der Waals surface area contributed by atoms with Crippen molar-refractivity contribution >= 4 is 22.8 Å². The predicted molar refractivity (Wildman–Crippen MR) is 182 cm³/mol. The number of anilines is 1. The maximum atomic E-state index is 14.0. The number of benzene rings is 3. The molecule has 0 aliphatic heterocycles. The van der Waals surface area contributed by atoms with Crippen LogP contribution in [-0.2, 0) is 4.79 Å². The molecule has 5 heteroatoms. The van der Waals surface area contributed by atoms with Gasteiger partial charge in [0.1, 0.15) is 5.82 Å². The lowest BCUT2D eigenvalue weighted by molar-refractivity contribution is -0.138. The van der Waals surface area contributed by atoms with E-state index in [0.29, 0.717) is 5.92 Å². The normalized spacial score (nSPS) is 15.6. The van der Waals surface area contributed by atoms with Crippen molar-refractivity contribution in [2.45, 2.75) is 85.8 Å². The number of nitrogens with one attached hydrogen (secondary N) is 1. The minimum atomic E-state index is -1.42. The number of hydrogen-bond acceptors (Lipinski definition) is 3. The first-order valence-electron chi connectivity index (χ1n) is 15.9. The third-order valence-corrected chi connectivity index (χ3v) is 8.35. The Balaban J connectivity index is 2.10. The summed E-state index contributed by atoms with van der Waals surface area (Å²) >= 11 is 0. The molecule has 3 aromatic rings. The van der Waals surface area contributed by atoms with Crippen LogP contribution in [0.5, 0.6) is 0 Å². The molecular formula is C39H50FNO3. The van der Waals surface area contributed by atoms with Crippen LogP contribution in [0.4, 0.5) is 10.1 Å². The Hall–Kier alpha value is -3.70. The van der Waals surface area contributed by atoms with Gasteiger partial charge in [-0.2, -0.15) is 0 Å². The fourth-order valence-electron chi connectivity index (χ4n) is 6.28. The van der Waals surface area contributed by atoms with Gasteiger partial charge in [-0.1, -0.05) is 107 Å². The van der Waals surface area contributed by atoms with Crippen LogP contribution in [0.15, 0.2) is 96.1 Å². The van der Waals surface area contributed by atoms with Gasteiger partial charge in [-0.15, -0.1) is 0 Å². The van der Waals surface area contributed by atoms with Gasteiger partial charge < -0.3 is 15.5 Å². The standard InChI is InChI=1S/C39H50FNO3/c1-27(2)35(20-14-13-15-28(3)25-29(4)26-36(42)43)38(39(6,44)41-34-18-11-8-12-19-34)37(32-16-9-7-10-17-32)30(5)31-21-23-33(40)24-22-31/h7-12,16-19,21-24,27-29,41,44H,13-15,20,25-26H2,1-6H3,(H,42,43)/b37-30+,38-35-/t28-,29-,39?/m1/s1. The van der Waals surface area contributed by atoms with Gasteiger partial charge in [-0.25, -0.2) is 4.39 Å². The van der Waals surface area contributed by atoms with Crippen molar-refractivity contribution < 1.29 is 19.4 Å². The molecule has 3 rings (SSSR count). The highest BCUT2D eigenvalue weighted by Gasteiger charge is 2.34. The van der Waals surface area contributed by atoms with Crippen LogP contribution in [-0.4, -0.2) is 21.9 Å². The first-order valence-corrected chi connectivity index (χ1v) is 15.9. The van der Waals surface area contributed by atoms with E-state index >= 15 is 0 Å². The zero-order valence-electron chi connectivity index (χ0n) is 27.2. The summed E-state index contributed by atoms with van der Waals surface area (Å²) in [6.07, 6.45) is 4.91. The average Bonchev–Trinajstić information content (AvgIpc) is 2.96. The van der Waals surface area contributed by atoms with Crippen molar-refractivity contribution in [2.24, 2.45) is 17.8 Å². The molecule has 0 spiro atoms. The molecule has 0 aliphatic carbocycles. The lowest BCUT2D eigenvalue weighted by Gasteiger charge is -2.35. The summed E-state index contributed by atoms with van der Waals surface area (Å²) in [7, 11) is 0. The second-order valence-electron chi connectivity index (χ2n) is 12.8. The molecule has 3 N–H and O–H groups in total. The smallest absolute Gasteiger partial charge is 0.303 e. The molecule has 0 saturated heterocycles. The number of allylic oxidation sites excluding steroid dienone is 2. The number of hydrogen-bond donors (Lipinski definition) is 3. The van der Waals surface area contributed by atoms with E-state index in [1.165, 1.54) is 17.7 Å². The number of para-hydroxylation sites is 1. The number of unbranched alkanes of at least 4 members (excludes halogenated alkanes) is 1. The van der Waals surface area contributed by atoms with E-state index in [1.807, 2.05) is 69.3 Å². The van der Waals surface area contributed by atoms with E-state index in [9.17, 15) is 14.3 Å². The molecule has 1 unspecified atom stereocenters. The summed E-state index contributed by atoms with van der Waals surface area (Å²) in [6, 6.07) is 26.4. The SMILES string of the molecule is C/C(=C(\C(=C(/CCCC[C@@H](C)C[C@@H](C)CC(=O)O)C(C)C)C(C)(O)Nc1ccccc1)c1ccccc1)c1ccc(F)cc1. The Morgan fingerprint density at radius 3 is 2.00 bits per heavy atom. The molecule has 0 aromatic heterocycles. The fraction of sp³-hybridized carbons (Fsp3) is 0.410. The summed E-state index contributed by atoms with van der Waals surface area (Å²) < 4.78 is 14.0.